The monoisotopic (exact) mass is 324 g/mol. The van der Waals surface area contributed by atoms with Crippen LogP contribution in [-0.4, -0.2) is 16.4 Å². The summed E-state index contributed by atoms with van der Waals surface area (Å²) in [5.41, 5.74) is 2.92. The number of rotatable bonds is 3. The highest BCUT2D eigenvalue weighted by Gasteiger charge is 2.28. The molecule has 0 fully saturated rings. The molecule has 21 heavy (non-hydrogen) atoms. The summed E-state index contributed by atoms with van der Waals surface area (Å²) >= 11 is 7.34. The van der Waals surface area contributed by atoms with Gasteiger partial charge in [0.25, 0.3) is 0 Å². The van der Waals surface area contributed by atoms with Gasteiger partial charge in [0.05, 0.1) is 5.25 Å². The highest BCUT2D eigenvalue weighted by Crippen LogP contribution is 2.31. The third kappa shape index (κ3) is 3.60. The lowest BCUT2D eigenvalue weighted by atomic mass is 10.1. The van der Waals surface area contributed by atoms with Crippen LogP contribution in [0.25, 0.3) is 0 Å². The van der Waals surface area contributed by atoms with Crippen molar-refractivity contribution in [1.29, 1.82) is 0 Å². The molecule has 2 N–H and O–H groups in total. The van der Waals surface area contributed by atoms with Crippen LogP contribution in [-0.2, 0) is 11.2 Å². The Morgan fingerprint density at radius 3 is 2.62 bits per heavy atom. The van der Waals surface area contributed by atoms with E-state index >= 15 is 0 Å². The van der Waals surface area contributed by atoms with Crippen LogP contribution in [0.15, 0.2) is 29.5 Å². The summed E-state index contributed by atoms with van der Waals surface area (Å²) in [5.74, 6) is 0. The molecule has 1 aliphatic heterocycles. The van der Waals surface area contributed by atoms with Gasteiger partial charge >= 0.3 is 6.03 Å². The van der Waals surface area contributed by atoms with Crippen LogP contribution in [0.1, 0.15) is 26.3 Å². The highest BCUT2D eigenvalue weighted by molar-refractivity contribution is 8.15. The molecule has 2 amide bonds. The first-order chi connectivity index (χ1) is 9.92. The number of thioether (sulfide) groups is 1. The summed E-state index contributed by atoms with van der Waals surface area (Å²) in [5, 5.41) is 6.08. The van der Waals surface area contributed by atoms with Crippen molar-refractivity contribution in [2.75, 3.05) is 5.32 Å². The molecule has 6 heteroatoms. The molecule has 112 valence electrons. The third-order valence-corrected chi connectivity index (χ3v) is 4.80. The molecular formula is C15H17ClN2O2S. The summed E-state index contributed by atoms with van der Waals surface area (Å²) in [6, 6.07) is 5.05. The molecule has 0 spiro atoms. The van der Waals surface area contributed by atoms with Crippen molar-refractivity contribution in [3.05, 3.63) is 40.1 Å². The zero-order valence-corrected chi connectivity index (χ0v) is 13.7. The van der Waals surface area contributed by atoms with Crippen molar-refractivity contribution in [1.82, 2.24) is 5.32 Å². The Morgan fingerprint density at radius 2 is 2.10 bits per heavy atom. The lowest BCUT2D eigenvalue weighted by molar-refractivity contribution is -0.107. The van der Waals surface area contributed by atoms with E-state index in [1.807, 2.05) is 26.0 Å². The molecule has 0 bridgehead atoms. The first-order valence-corrected chi connectivity index (χ1v) is 7.96. The topological polar surface area (TPSA) is 58.2 Å². The highest BCUT2D eigenvalue weighted by atomic mass is 35.5. The van der Waals surface area contributed by atoms with E-state index in [1.165, 1.54) is 11.8 Å². The second-order valence-electron chi connectivity index (χ2n) is 4.83. The number of benzene rings is 1. The standard InChI is InChI=1S/C15H17ClN2O2S/c1-4-10-5-6-11(7-12(10)16)17-15(20)18-13-8(2)14(19)21-9(13)3/h5-7,9H,4H2,1-3H3,(H2,17,18,20). The van der Waals surface area contributed by atoms with Gasteiger partial charge in [-0.2, -0.15) is 0 Å². The number of hydrogen-bond acceptors (Lipinski definition) is 3. The van der Waals surface area contributed by atoms with Crippen molar-refractivity contribution in [2.24, 2.45) is 0 Å². The number of anilines is 1. The minimum absolute atomic E-state index is 0.00754. The fourth-order valence-corrected chi connectivity index (χ4v) is 3.39. The van der Waals surface area contributed by atoms with Gasteiger partial charge in [-0.3, -0.25) is 4.79 Å². The van der Waals surface area contributed by atoms with Crippen molar-refractivity contribution in [2.45, 2.75) is 32.4 Å². The second kappa shape index (κ2) is 6.54. The molecule has 0 saturated heterocycles. The lowest BCUT2D eigenvalue weighted by Crippen LogP contribution is -2.31. The van der Waals surface area contributed by atoms with Crippen molar-refractivity contribution >= 4 is 40.2 Å². The summed E-state index contributed by atoms with van der Waals surface area (Å²) < 4.78 is 0. The van der Waals surface area contributed by atoms with E-state index in [4.69, 9.17) is 11.6 Å². The number of urea groups is 1. The van der Waals surface area contributed by atoms with E-state index in [1.54, 1.807) is 13.0 Å². The maximum absolute atomic E-state index is 12.0. The van der Waals surface area contributed by atoms with Gasteiger partial charge in [-0.15, -0.1) is 0 Å². The van der Waals surface area contributed by atoms with Gasteiger partial charge in [0.1, 0.15) is 0 Å². The summed E-state index contributed by atoms with van der Waals surface area (Å²) in [7, 11) is 0. The van der Waals surface area contributed by atoms with Gasteiger partial charge in [0.15, 0.2) is 0 Å². The Morgan fingerprint density at radius 1 is 1.38 bits per heavy atom. The van der Waals surface area contributed by atoms with E-state index in [9.17, 15) is 9.59 Å². The molecule has 0 radical (unpaired) electrons. The lowest BCUT2D eigenvalue weighted by Gasteiger charge is -2.12. The first kappa shape index (κ1) is 15.9. The fourth-order valence-electron chi connectivity index (χ4n) is 2.11. The maximum Gasteiger partial charge on any atom is 0.323 e. The third-order valence-electron chi connectivity index (χ3n) is 3.34. The average molecular weight is 325 g/mol. The zero-order valence-electron chi connectivity index (χ0n) is 12.1. The van der Waals surface area contributed by atoms with Gasteiger partial charge in [0.2, 0.25) is 5.12 Å². The number of nitrogens with one attached hydrogen (secondary N) is 2. The minimum atomic E-state index is -0.369. The van der Waals surface area contributed by atoms with Crippen LogP contribution in [0, 0.1) is 0 Å². The Hall–Kier alpha value is -1.46. The van der Waals surface area contributed by atoms with Gasteiger partial charge in [-0.05, 0) is 38.0 Å². The Bertz CT molecular complexity index is 628. The normalized spacial score (nSPS) is 18.1. The summed E-state index contributed by atoms with van der Waals surface area (Å²) in [6.45, 7) is 5.63. The molecule has 0 saturated carbocycles. The Labute approximate surface area is 133 Å². The van der Waals surface area contributed by atoms with Crippen LogP contribution < -0.4 is 10.6 Å². The maximum atomic E-state index is 12.0. The van der Waals surface area contributed by atoms with Crippen LogP contribution >= 0.6 is 23.4 Å². The predicted octanol–water partition coefficient (Wildman–Crippen LogP) is 3.96. The quantitative estimate of drug-likeness (QED) is 0.884. The molecule has 1 aliphatic rings. The molecule has 0 aromatic heterocycles. The zero-order chi connectivity index (χ0) is 15.6. The number of hydrogen-bond donors (Lipinski definition) is 2. The molecular weight excluding hydrogens is 308 g/mol. The molecule has 0 aliphatic carbocycles. The van der Waals surface area contributed by atoms with E-state index < -0.39 is 0 Å². The molecule has 1 atom stereocenters. The number of aryl methyl sites for hydroxylation is 1. The molecule has 1 aromatic rings. The van der Waals surface area contributed by atoms with Gasteiger partial charge in [-0.25, -0.2) is 4.79 Å². The van der Waals surface area contributed by atoms with Gasteiger partial charge in [0, 0.05) is 22.0 Å². The number of halogens is 1. The molecule has 4 nitrogen and oxygen atoms in total. The van der Waals surface area contributed by atoms with E-state index in [-0.39, 0.29) is 16.4 Å². The average Bonchev–Trinajstić information content (AvgIpc) is 2.65. The van der Waals surface area contributed by atoms with Crippen LogP contribution in [0.4, 0.5) is 10.5 Å². The first-order valence-electron chi connectivity index (χ1n) is 6.70. The second-order valence-corrected chi connectivity index (χ2v) is 6.55. The van der Waals surface area contributed by atoms with Gasteiger partial charge in [-0.1, -0.05) is 36.4 Å². The van der Waals surface area contributed by atoms with E-state index in [0.717, 1.165) is 12.0 Å². The van der Waals surface area contributed by atoms with Gasteiger partial charge < -0.3 is 10.6 Å². The SMILES string of the molecule is CCc1ccc(NC(=O)NC2=C(C)C(=O)SC2C)cc1Cl. The number of carbonyl (C=O) groups excluding carboxylic acids is 2. The molecule has 2 rings (SSSR count). The Balaban J connectivity index is 2.06. The number of carbonyl (C=O) groups is 2. The molecule has 1 unspecified atom stereocenters. The van der Waals surface area contributed by atoms with Crippen LogP contribution in [0.2, 0.25) is 5.02 Å². The van der Waals surface area contributed by atoms with E-state index in [2.05, 4.69) is 10.6 Å². The fraction of sp³-hybridized carbons (Fsp3) is 0.333. The van der Waals surface area contributed by atoms with Crippen molar-refractivity contribution in [3.8, 4) is 0 Å². The van der Waals surface area contributed by atoms with Crippen molar-refractivity contribution < 1.29 is 9.59 Å². The number of amides is 2. The largest absolute Gasteiger partial charge is 0.323 e. The van der Waals surface area contributed by atoms with Crippen LogP contribution in [0.3, 0.4) is 0 Å². The molecule has 1 aromatic carbocycles. The van der Waals surface area contributed by atoms with Crippen molar-refractivity contribution in [3.63, 3.8) is 0 Å². The summed E-state index contributed by atoms with van der Waals surface area (Å²) in [4.78, 5) is 23.6. The predicted molar refractivity (Wildman–Crippen MR) is 87.7 cm³/mol. The minimum Gasteiger partial charge on any atom is -0.310 e. The molecule has 1 heterocycles. The van der Waals surface area contributed by atoms with E-state index in [0.29, 0.717) is 22.0 Å². The smallest absolute Gasteiger partial charge is 0.310 e. The Kier molecular flexibility index (Phi) is 4.96. The van der Waals surface area contributed by atoms with Crippen LogP contribution in [0.5, 0.6) is 0 Å². The summed E-state index contributed by atoms with van der Waals surface area (Å²) in [6.07, 6.45) is 0.842.